The maximum absolute atomic E-state index is 12.2. The third-order valence-electron chi connectivity index (χ3n) is 4.64. The van der Waals surface area contributed by atoms with Gasteiger partial charge in [0.2, 0.25) is 0 Å². The first-order valence-electron chi connectivity index (χ1n) is 11.1. The molecule has 0 aromatic rings. The molecular weight excluding hydrogens is 508 g/mol. The van der Waals surface area contributed by atoms with E-state index < -0.39 is 92.1 Å². The second-order valence-corrected chi connectivity index (χ2v) is 13.7. The van der Waals surface area contributed by atoms with Crippen molar-refractivity contribution in [1.82, 2.24) is 0 Å². The highest BCUT2D eigenvalue weighted by atomic mass is 32.2. The predicted molar refractivity (Wildman–Crippen MR) is 126 cm³/mol. The van der Waals surface area contributed by atoms with Gasteiger partial charge < -0.3 is 19.7 Å². The van der Waals surface area contributed by atoms with Gasteiger partial charge in [-0.15, -0.1) is 0 Å². The van der Waals surface area contributed by atoms with Gasteiger partial charge in [0.1, 0.15) is 0 Å². The second kappa shape index (κ2) is 13.3. The summed E-state index contributed by atoms with van der Waals surface area (Å²) in [5.74, 6) is -3.16. The van der Waals surface area contributed by atoms with Crippen LogP contribution in [-0.4, -0.2) is 88.1 Å². The Morgan fingerprint density at radius 1 is 0.686 bits per heavy atom. The Kier molecular flexibility index (Phi) is 12.8. The Labute approximate surface area is 208 Å². The smallest absolute Gasteiger partial charge is 0.335 e. The summed E-state index contributed by atoms with van der Waals surface area (Å²) in [4.78, 5) is 23.7. The van der Waals surface area contributed by atoms with E-state index in [0.29, 0.717) is 0 Å². The molecule has 0 unspecified atom stereocenters. The SMILES string of the molecule is CC(C)OC(=O)[C@@H](O)C(C)(C)COS(=O)(=O)CCCS(=O)(=O)OCC(C)(C)[C@H](O)C(=O)OC(C)C. The number of rotatable bonds is 16. The molecule has 0 fully saturated rings. The van der Waals surface area contributed by atoms with Crippen molar-refractivity contribution >= 4 is 32.2 Å². The second-order valence-electron chi connectivity index (χ2n) is 10.2. The molecule has 14 heteroatoms. The lowest BCUT2D eigenvalue weighted by Crippen LogP contribution is -2.42. The van der Waals surface area contributed by atoms with Crippen LogP contribution in [0.5, 0.6) is 0 Å². The minimum atomic E-state index is -4.18. The minimum absolute atomic E-state index is 0.360. The van der Waals surface area contributed by atoms with Gasteiger partial charge in [0.05, 0.1) is 36.9 Å². The quantitative estimate of drug-likeness (QED) is 0.204. The summed E-state index contributed by atoms with van der Waals surface area (Å²) in [7, 11) is -8.37. The molecule has 208 valence electrons. The first kappa shape index (κ1) is 33.7. The lowest BCUT2D eigenvalue weighted by atomic mass is 9.87. The molecule has 0 amide bonds. The van der Waals surface area contributed by atoms with Crippen LogP contribution in [0.4, 0.5) is 0 Å². The van der Waals surface area contributed by atoms with Gasteiger partial charge in [-0.1, -0.05) is 27.7 Å². The van der Waals surface area contributed by atoms with Gasteiger partial charge in [-0.05, 0) is 34.1 Å². The summed E-state index contributed by atoms with van der Waals surface area (Å²) >= 11 is 0. The van der Waals surface area contributed by atoms with Crippen LogP contribution in [0.25, 0.3) is 0 Å². The molecule has 0 aliphatic carbocycles. The first-order chi connectivity index (χ1) is 15.6. The fourth-order valence-corrected chi connectivity index (χ4v) is 4.78. The zero-order chi connectivity index (χ0) is 27.8. The normalized spacial score (nSPS) is 15.2. The number of hydrogen-bond acceptors (Lipinski definition) is 12. The number of aliphatic hydroxyl groups excluding tert-OH is 2. The number of ether oxygens (including phenoxy) is 2. The molecule has 0 aromatic carbocycles. The maximum Gasteiger partial charge on any atom is 0.335 e. The standard InChI is InChI=1S/C21H40O12S2/c1-14(2)32-18(24)16(22)20(5,6)12-30-34(26,27)10-9-11-35(28,29)31-13-21(7,8)17(23)19(25)33-15(3)4/h14-17,22-23H,9-13H2,1-8H3/t16-,17-/m1/s1. The van der Waals surface area contributed by atoms with E-state index in [2.05, 4.69) is 0 Å². The van der Waals surface area contributed by atoms with Crippen molar-refractivity contribution in [2.24, 2.45) is 10.8 Å². The fraction of sp³-hybridized carbons (Fsp3) is 0.905. The average Bonchev–Trinajstić information content (AvgIpc) is 2.68. The van der Waals surface area contributed by atoms with Crippen molar-refractivity contribution in [2.75, 3.05) is 24.7 Å². The molecule has 0 spiro atoms. The zero-order valence-electron chi connectivity index (χ0n) is 21.6. The van der Waals surface area contributed by atoms with Crippen molar-refractivity contribution in [1.29, 1.82) is 0 Å². The molecule has 0 radical (unpaired) electrons. The van der Waals surface area contributed by atoms with Gasteiger partial charge in [0, 0.05) is 10.8 Å². The number of carbonyl (C=O) groups excluding carboxylic acids is 2. The van der Waals surface area contributed by atoms with Gasteiger partial charge in [0.15, 0.2) is 12.2 Å². The zero-order valence-corrected chi connectivity index (χ0v) is 23.3. The van der Waals surface area contributed by atoms with Gasteiger partial charge in [-0.2, -0.15) is 16.8 Å². The number of carbonyl (C=O) groups is 2. The topological polar surface area (TPSA) is 180 Å². The molecule has 0 aliphatic heterocycles. The van der Waals surface area contributed by atoms with Crippen molar-refractivity contribution < 1.29 is 54.5 Å². The van der Waals surface area contributed by atoms with Crippen molar-refractivity contribution in [3.8, 4) is 0 Å². The summed E-state index contributed by atoms with van der Waals surface area (Å²) in [6.45, 7) is 11.0. The predicted octanol–water partition coefficient (Wildman–Crippen LogP) is 0.747. The largest absolute Gasteiger partial charge is 0.461 e. The van der Waals surface area contributed by atoms with Crippen molar-refractivity contribution in [2.45, 2.75) is 86.2 Å². The molecule has 35 heavy (non-hydrogen) atoms. The van der Waals surface area contributed by atoms with Crippen LogP contribution in [0.15, 0.2) is 0 Å². The van der Waals surface area contributed by atoms with E-state index in [1.54, 1.807) is 27.7 Å². The Balaban J connectivity index is 4.77. The third-order valence-corrected chi connectivity index (χ3v) is 7.17. The van der Waals surface area contributed by atoms with E-state index in [9.17, 15) is 36.6 Å². The Morgan fingerprint density at radius 3 is 1.23 bits per heavy atom. The molecule has 0 saturated carbocycles. The van der Waals surface area contributed by atoms with E-state index in [1.807, 2.05) is 0 Å². The molecule has 2 atom stereocenters. The van der Waals surface area contributed by atoms with E-state index in [-0.39, 0.29) is 6.42 Å². The van der Waals surface area contributed by atoms with E-state index in [4.69, 9.17) is 17.8 Å². The van der Waals surface area contributed by atoms with Gasteiger partial charge >= 0.3 is 11.9 Å². The summed E-state index contributed by atoms with van der Waals surface area (Å²) in [6, 6.07) is 0. The molecule has 0 aromatic heterocycles. The summed E-state index contributed by atoms with van der Waals surface area (Å²) in [6.07, 6.45) is -4.56. The van der Waals surface area contributed by atoms with Crippen LogP contribution in [0.2, 0.25) is 0 Å². The lowest BCUT2D eigenvalue weighted by molar-refractivity contribution is -0.166. The Bertz CT molecular complexity index is 831. The van der Waals surface area contributed by atoms with Gasteiger partial charge in [-0.3, -0.25) is 8.37 Å². The number of esters is 2. The molecule has 0 heterocycles. The van der Waals surface area contributed by atoms with Crippen LogP contribution >= 0.6 is 0 Å². The van der Waals surface area contributed by atoms with Gasteiger partial charge in [-0.25, -0.2) is 9.59 Å². The van der Waals surface area contributed by atoms with Gasteiger partial charge in [0.25, 0.3) is 20.2 Å². The molecule has 0 saturated heterocycles. The molecule has 0 bridgehead atoms. The number of hydrogen-bond donors (Lipinski definition) is 2. The molecule has 12 nitrogen and oxygen atoms in total. The third kappa shape index (κ3) is 13.0. The fourth-order valence-electron chi connectivity index (χ4n) is 2.40. The Morgan fingerprint density at radius 2 is 0.971 bits per heavy atom. The Hall–Kier alpha value is -1.32. The van der Waals surface area contributed by atoms with Crippen molar-refractivity contribution in [3.05, 3.63) is 0 Å². The molecular formula is C21H40O12S2. The van der Waals surface area contributed by atoms with E-state index in [1.165, 1.54) is 27.7 Å². The van der Waals surface area contributed by atoms with Crippen LogP contribution in [0, 0.1) is 10.8 Å². The first-order valence-corrected chi connectivity index (χ1v) is 14.3. The highest BCUT2D eigenvalue weighted by molar-refractivity contribution is 7.87. The van der Waals surface area contributed by atoms with Crippen LogP contribution in [0.1, 0.15) is 61.8 Å². The summed E-state index contributed by atoms with van der Waals surface area (Å²) in [5, 5.41) is 20.2. The summed E-state index contributed by atoms with van der Waals surface area (Å²) < 4.78 is 68.2. The molecule has 0 aliphatic rings. The maximum atomic E-state index is 12.2. The average molecular weight is 549 g/mol. The highest BCUT2D eigenvalue weighted by Gasteiger charge is 2.38. The minimum Gasteiger partial charge on any atom is -0.461 e. The lowest BCUT2D eigenvalue weighted by Gasteiger charge is -2.29. The highest BCUT2D eigenvalue weighted by Crippen LogP contribution is 2.25. The molecule has 0 rings (SSSR count). The van der Waals surface area contributed by atoms with E-state index >= 15 is 0 Å². The van der Waals surface area contributed by atoms with Crippen LogP contribution in [0.3, 0.4) is 0 Å². The number of aliphatic hydroxyl groups is 2. The van der Waals surface area contributed by atoms with E-state index in [0.717, 1.165) is 0 Å². The monoisotopic (exact) mass is 548 g/mol. The van der Waals surface area contributed by atoms with Crippen LogP contribution < -0.4 is 0 Å². The van der Waals surface area contributed by atoms with Crippen molar-refractivity contribution in [3.63, 3.8) is 0 Å². The summed E-state index contributed by atoms with van der Waals surface area (Å²) in [5.41, 5.74) is -2.59. The van der Waals surface area contributed by atoms with Crippen LogP contribution in [-0.2, 0) is 47.7 Å². The molecule has 2 N–H and O–H groups in total.